The molecule has 1 fully saturated rings. The molecule has 1 atom stereocenters. The Hall–Kier alpha value is -0.540. The Bertz CT molecular complexity index is 310. The number of piperidine rings is 1. The summed E-state index contributed by atoms with van der Waals surface area (Å²) in [6.45, 7) is 3.06. The first kappa shape index (κ1) is 11.0. The van der Waals surface area contributed by atoms with Crippen LogP contribution < -0.4 is 10.1 Å². The Morgan fingerprint density at radius 1 is 1.40 bits per heavy atom. The highest BCUT2D eigenvalue weighted by Gasteiger charge is 2.13. The maximum absolute atomic E-state index is 5.79. The smallest absolute Gasteiger partial charge is 0.133 e. The number of hydrogen-bond donors (Lipinski definition) is 1. The molecule has 1 N–H and O–H groups in total. The van der Waals surface area contributed by atoms with E-state index in [0.29, 0.717) is 5.92 Å². The maximum atomic E-state index is 5.79. The first-order chi connectivity index (χ1) is 7.36. The predicted molar refractivity (Wildman–Crippen MR) is 65.2 cm³/mol. The van der Waals surface area contributed by atoms with Gasteiger partial charge in [0.25, 0.3) is 0 Å². The largest absolute Gasteiger partial charge is 0.492 e. The highest BCUT2D eigenvalue weighted by molar-refractivity contribution is 9.10. The Morgan fingerprint density at radius 2 is 2.27 bits per heavy atom. The van der Waals surface area contributed by atoms with Crippen molar-refractivity contribution in [3.63, 3.8) is 0 Å². The van der Waals surface area contributed by atoms with Crippen LogP contribution >= 0.6 is 15.9 Å². The molecule has 15 heavy (non-hydrogen) atoms. The number of rotatable bonds is 3. The van der Waals surface area contributed by atoms with Crippen LogP contribution in [0.25, 0.3) is 0 Å². The molecule has 0 spiro atoms. The lowest BCUT2D eigenvalue weighted by molar-refractivity contribution is 0.217. The molecule has 1 heterocycles. The first-order valence-electron chi connectivity index (χ1n) is 5.44. The van der Waals surface area contributed by atoms with Gasteiger partial charge in [-0.25, -0.2) is 0 Å². The van der Waals surface area contributed by atoms with Gasteiger partial charge in [-0.15, -0.1) is 0 Å². The highest BCUT2D eigenvalue weighted by atomic mass is 79.9. The summed E-state index contributed by atoms with van der Waals surface area (Å²) >= 11 is 3.48. The molecule has 1 aromatic carbocycles. The number of para-hydroxylation sites is 1. The van der Waals surface area contributed by atoms with Crippen molar-refractivity contribution in [2.75, 3.05) is 19.7 Å². The molecular formula is C12H16BrNO. The lowest BCUT2D eigenvalue weighted by Crippen LogP contribution is -2.33. The Labute approximate surface area is 99.1 Å². The Balaban J connectivity index is 1.84. The molecule has 1 saturated heterocycles. The van der Waals surface area contributed by atoms with E-state index < -0.39 is 0 Å². The van der Waals surface area contributed by atoms with E-state index in [9.17, 15) is 0 Å². The molecule has 0 aliphatic carbocycles. The van der Waals surface area contributed by atoms with Crippen LogP contribution in [0.3, 0.4) is 0 Å². The fourth-order valence-corrected chi connectivity index (χ4v) is 2.23. The van der Waals surface area contributed by atoms with E-state index in [-0.39, 0.29) is 0 Å². The molecule has 82 valence electrons. The third-order valence-electron chi connectivity index (χ3n) is 2.71. The highest BCUT2D eigenvalue weighted by Crippen LogP contribution is 2.24. The van der Waals surface area contributed by atoms with Gasteiger partial charge in [-0.2, -0.15) is 0 Å². The summed E-state index contributed by atoms with van der Waals surface area (Å²) in [6.07, 6.45) is 2.54. The standard InChI is InChI=1S/C12H16BrNO/c13-11-5-1-2-6-12(11)15-9-10-4-3-7-14-8-10/h1-2,5-6,10,14H,3-4,7-9H2. The SMILES string of the molecule is Brc1ccccc1OCC1CCCNC1. The zero-order valence-electron chi connectivity index (χ0n) is 8.71. The van der Waals surface area contributed by atoms with Gasteiger partial charge in [0.05, 0.1) is 11.1 Å². The summed E-state index contributed by atoms with van der Waals surface area (Å²) in [7, 11) is 0. The zero-order valence-corrected chi connectivity index (χ0v) is 10.3. The predicted octanol–water partition coefficient (Wildman–Crippen LogP) is 2.83. The van der Waals surface area contributed by atoms with Crippen LogP contribution in [-0.4, -0.2) is 19.7 Å². The fraction of sp³-hybridized carbons (Fsp3) is 0.500. The molecule has 0 radical (unpaired) electrons. The molecule has 1 unspecified atom stereocenters. The average molecular weight is 270 g/mol. The van der Waals surface area contributed by atoms with Crippen molar-refractivity contribution in [3.05, 3.63) is 28.7 Å². The monoisotopic (exact) mass is 269 g/mol. The molecule has 0 amide bonds. The van der Waals surface area contributed by atoms with E-state index in [1.54, 1.807) is 0 Å². The third kappa shape index (κ3) is 3.21. The lowest BCUT2D eigenvalue weighted by Gasteiger charge is -2.22. The Morgan fingerprint density at radius 3 is 3.00 bits per heavy atom. The molecule has 2 nitrogen and oxygen atoms in total. The van der Waals surface area contributed by atoms with Crippen LogP contribution in [0.4, 0.5) is 0 Å². The summed E-state index contributed by atoms with van der Waals surface area (Å²) in [6, 6.07) is 8.01. The van der Waals surface area contributed by atoms with Crippen LogP contribution in [-0.2, 0) is 0 Å². The number of ether oxygens (including phenoxy) is 1. The quantitative estimate of drug-likeness (QED) is 0.911. The number of nitrogens with one attached hydrogen (secondary N) is 1. The first-order valence-corrected chi connectivity index (χ1v) is 6.23. The van der Waals surface area contributed by atoms with Gasteiger partial charge in [-0.05, 0) is 47.4 Å². The second-order valence-electron chi connectivity index (χ2n) is 3.95. The third-order valence-corrected chi connectivity index (χ3v) is 3.37. The van der Waals surface area contributed by atoms with E-state index in [1.165, 1.54) is 12.8 Å². The van der Waals surface area contributed by atoms with Crippen molar-refractivity contribution in [1.82, 2.24) is 5.32 Å². The van der Waals surface area contributed by atoms with E-state index in [2.05, 4.69) is 21.2 Å². The lowest BCUT2D eigenvalue weighted by atomic mass is 10.0. The minimum absolute atomic E-state index is 0.658. The van der Waals surface area contributed by atoms with Crippen molar-refractivity contribution >= 4 is 15.9 Å². The van der Waals surface area contributed by atoms with Crippen molar-refractivity contribution < 1.29 is 4.74 Å². The van der Waals surface area contributed by atoms with E-state index >= 15 is 0 Å². The number of halogens is 1. The topological polar surface area (TPSA) is 21.3 Å². The van der Waals surface area contributed by atoms with Gasteiger partial charge >= 0.3 is 0 Å². The van der Waals surface area contributed by atoms with Crippen LogP contribution in [0.5, 0.6) is 5.75 Å². The zero-order chi connectivity index (χ0) is 10.5. The minimum atomic E-state index is 0.658. The molecule has 1 aromatic rings. The van der Waals surface area contributed by atoms with Crippen LogP contribution in [0.15, 0.2) is 28.7 Å². The Kier molecular flexibility index (Phi) is 4.03. The van der Waals surface area contributed by atoms with E-state index in [0.717, 1.165) is 29.9 Å². The maximum Gasteiger partial charge on any atom is 0.133 e. The molecular weight excluding hydrogens is 254 g/mol. The van der Waals surface area contributed by atoms with Crippen molar-refractivity contribution in [1.29, 1.82) is 0 Å². The summed E-state index contributed by atoms with van der Waals surface area (Å²) in [4.78, 5) is 0. The molecule has 3 heteroatoms. The van der Waals surface area contributed by atoms with Crippen molar-refractivity contribution in [2.24, 2.45) is 5.92 Å². The van der Waals surface area contributed by atoms with Gasteiger partial charge in [0.15, 0.2) is 0 Å². The van der Waals surface area contributed by atoms with Gasteiger partial charge in [-0.1, -0.05) is 12.1 Å². The second-order valence-corrected chi connectivity index (χ2v) is 4.81. The summed E-state index contributed by atoms with van der Waals surface area (Å²) < 4.78 is 6.83. The summed E-state index contributed by atoms with van der Waals surface area (Å²) in [5, 5.41) is 3.39. The van der Waals surface area contributed by atoms with E-state index in [4.69, 9.17) is 4.74 Å². The minimum Gasteiger partial charge on any atom is -0.492 e. The van der Waals surface area contributed by atoms with E-state index in [1.807, 2.05) is 24.3 Å². The number of benzene rings is 1. The average Bonchev–Trinajstić information content (AvgIpc) is 2.29. The molecule has 1 aliphatic heterocycles. The van der Waals surface area contributed by atoms with Gasteiger partial charge < -0.3 is 10.1 Å². The van der Waals surface area contributed by atoms with Gasteiger partial charge in [0.1, 0.15) is 5.75 Å². The van der Waals surface area contributed by atoms with Gasteiger partial charge in [-0.3, -0.25) is 0 Å². The molecule has 0 saturated carbocycles. The summed E-state index contributed by atoms with van der Waals surface area (Å²) in [5.41, 5.74) is 0. The number of hydrogen-bond acceptors (Lipinski definition) is 2. The van der Waals surface area contributed by atoms with Crippen LogP contribution in [0.2, 0.25) is 0 Å². The molecule has 2 rings (SSSR count). The van der Waals surface area contributed by atoms with Crippen LogP contribution in [0.1, 0.15) is 12.8 Å². The second kappa shape index (κ2) is 5.52. The summed E-state index contributed by atoms with van der Waals surface area (Å²) in [5.74, 6) is 1.61. The fourth-order valence-electron chi connectivity index (χ4n) is 1.84. The molecule has 0 bridgehead atoms. The van der Waals surface area contributed by atoms with Crippen LogP contribution in [0, 0.1) is 5.92 Å². The molecule has 0 aromatic heterocycles. The van der Waals surface area contributed by atoms with Gasteiger partial charge in [0.2, 0.25) is 0 Å². The molecule has 1 aliphatic rings. The van der Waals surface area contributed by atoms with Crippen molar-refractivity contribution in [3.8, 4) is 5.75 Å². The van der Waals surface area contributed by atoms with Gasteiger partial charge in [0, 0.05) is 12.5 Å². The van der Waals surface area contributed by atoms with Crippen molar-refractivity contribution in [2.45, 2.75) is 12.8 Å². The normalized spacial score (nSPS) is 21.3.